The maximum absolute atomic E-state index is 11.5. The molecule has 0 spiro atoms. The molecule has 0 aliphatic carbocycles. The van der Waals surface area contributed by atoms with E-state index < -0.39 is 0 Å². The minimum Gasteiger partial charge on any atom is -0.482 e. The van der Waals surface area contributed by atoms with Crippen LogP contribution in [-0.4, -0.2) is 33.3 Å². The molecule has 1 heterocycles. The first kappa shape index (κ1) is 10.8. The largest absolute Gasteiger partial charge is 0.482 e. The van der Waals surface area contributed by atoms with Crippen LogP contribution in [0.25, 0.3) is 0 Å². The highest BCUT2D eigenvalue weighted by molar-refractivity contribution is 5.97. The summed E-state index contributed by atoms with van der Waals surface area (Å²) in [6, 6.07) is 5.69. The summed E-state index contributed by atoms with van der Waals surface area (Å²) in [6.07, 6.45) is 0. The van der Waals surface area contributed by atoms with Gasteiger partial charge in [0.2, 0.25) is 0 Å². The number of ether oxygens (including phenoxy) is 1. The van der Waals surface area contributed by atoms with Crippen molar-refractivity contribution in [2.45, 2.75) is 0 Å². The van der Waals surface area contributed by atoms with Crippen LogP contribution in [0.3, 0.4) is 0 Å². The quantitative estimate of drug-likeness (QED) is 0.734. The molecular formula is C11H15N3O2. The van der Waals surface area contributed by atoms with Gasteiger partial charge in [0.15, 0.2) is 6.61 Å². The van der Waals surface area contributed by atoms with Crippen LogP contribution < -0.4 is 20.3 Å². The summed E-state index contributed by atoms with van der Waals surface area (Å²) in [4.78, 5) is 15.0. The Hall–Kier alpha value is -1.75. The lowest BCUT2D eigenvalue weighted by Gasteiger charge is -2.27. The molecule has 1 aromatic carbocycles. The van der Waals surface area contributed by atoms with E-state index in [0.717, 1.165) is 17.1 Å². The average molecular weight is 221 g/mol. The molecule has 1 aliphatic rings. The van der Waals surface area contributed by atoms with E-state index in [0.29, 0.717) is 6.67 Å². The zero-order valence-corrected chi connectivity index (χ0v) is 9.43. The second-order valence-corrected chi connectivity index (χ2v) is 3.77. The molecule has 16 heavy (non-hydrogen) atoms. The minimum atomic E-state index is -0.0416. The maximum atomic E-state index is 11.5. The number of carbonyl (C=O) groups excluding carboxylic acids is 1. The van der Waals surface area contributed by atoms with Gasteiger partial charge in [0.1, 0.15) is 5.75 Å². The van der Waals surface area contributed by atoms with Crippen molar-refractivity contribution in [2.24, 2.45) is 5.73 Å². The molecule has 2 N–H and O–H groups in total. The lowest BCUT2D eigenvalue weighted by molar-refractivity contribution is -0.120. The summed E-state index contributed by atoms with van der Waals surface area (Å²) in [5.74, 6) is 0.691. The molecule has 0 atom stereocenters. The van der Waals surface area contributed by atoms with Crippen LogP contribution in [-0.2, 0) is 4.79 Å². The van der Waals surface area contributed by atoms with E-state index in [9.17, 15) is 4.79 Å². The Labute approximate surface area is 94.4 Å². The van der Waals surface area contributed by atoms with Gasteiger partial charge < -0.3 is 20.3 Å². The number of nitrogens with zero attached hydrogens (tertiary/aromatic N) is 2. The van der Waals surface area contributed by atoms with Crippen LogP contribution >= 0.6 is 0 Å². The molecule has 0 unspecified atom stereocenters. The van der Waals surface area contributed by atoms with Gasteiger partial charge in [-0.2, -0.15) is 0 Å². The van der Waals surface area contributed by atoms with E-state index in [2.05, 4.69) is 0 Å². The number of hydrogen-bond donors (Lipinski definition) is 1. The molecule has 0 bridgehead atoms. The monoisotopic (exact) mass is 221 g/mol. The maximum Gasteiger partial charge on any atom is 0.264 e. The summed E-state index contributed by atoms with van der Waals surface area (Å²) in [5, 5.41) is 0. The predicted octanol–water partition coefficient (Wildman–Crippen LogP) is 0.394. The lowest BCUT2D eigenvalue weighted by atomic mass is 10.2. The van der Waals surface area contributed by atoms with E-state index in [4.69, 9.17) is 10.5 Å². The van der Waals surface area contributed by atoms with Gasteiger partial charge in [-0.15, -0.1) is 0 Å². The topological polar surface area (TPSA) is 58.8 Å². The number of benzene rings is 1. The van der Waals surface area contributed by atoms with Crippen LogP contribution in [0.1, 0.15) is 0 Å². The summed E-state index contributed by atoms with van der Waals surface area (Å²) in [7, 11) is 3.64. The van der Waals surface area contributed by atoms with Gasteiger partial charge in [-0.25, -0.2) is 0 Å². The second kappa shape index (κ2) is 4.02. The molecule has 1 aliphatic heterocycles. The number of nitrogens with two attached hydrogens (primary N) is 1. The van der Waals surface area contributed by atoms with Crippen molar-refractivity contribution < 1.29 is 9.53 Å². The summed E-state index contributed by atoms with van der Waals surface area (Å²) < 4.78 is 5.33. The van der Waals surface area contributed by atoms with Crippen molar-refractivity contribution in [2.75, 3.05) is 37.2 Å². The number of likely N-dealkylation sites (N-methyl/N-ethyl adjacent to an activating group) is 1. The fraction of sp³-hybridized carbons (Fsp3) is 0.364. The van der Waals surface area contributed by atoms with Gasteiger partial charge in [-0.05, 0) is 18.2 Å². The van der Waals surface area contributed by atoms with Gasteiger partial charge >= 0.3 is 0 Å². The molecule has 0 aromatic heterocycles. The van der Waals surface area contributed by atoms with E-state index in [1.807, 2.05) is 30.1 Å². The fourth-order valence-corrected chi connectivity index (χ4v) is 1.60. The molecule has 0 fully saturated rings. The SMILES string of the molecule is CN(CN)c1ccc2c(c1)N(C)C(=O)CO2. The third kappa shape index (κ3) is 1.69. The van der Waals surface area contributed by atoms with E-state index in [1.54, 1.807) is 11.9 Å². The van der Waals surface area contributed by atoms with Crippen LogP contribution in [0, 0.1) is 0 Å². The molecule has 1 aromatic rings. The predicted molar refractivity (Wildman–Crippen MR) is 62.8 cm³/mol. The molecule has 0 saturated carbocycles. The highest BCUT2D eigenvalue weighted by atomic mass is 16.5. The summed E-state index contributed by atoms with van der Waals surface area (Å²) in [6.45, 7) is 0.535. The first-order valence-electron chi connectivity index (χ1n) is 5.08. The molecule has 5 nitrogen and oxygen atoms in total. The number of hydrogen-bond acceptors (Lipinski definition) is 4. The van der Waals surface area contributed by atoms with E-state index in [1.165, 1.54) is 0 Å². The number of carbonyl (C=O) groups is 1. The highest BCUT2D eigenvalue weighted by Gasteiger charge is 2.22. The Morgan fingerprint density at radius 1 is 1.56 bits per heavy atom. The van der Waals surface area contributed by atoms with Gasteiger partial charge in [-0.1, -0.05) is 0 Å². The first-order valence-corrected chi connectivity index (χ1v) is 5.08. The number of fused-ring (bicyclic) bond motifs is 1. The lowest BCUT2D eigenvalue weighted by Crippen LogP contribution is -2.35. The van der Waals surface area contributed by atoms with Crippen LogP contribution in [0.5, 0.6) is 5.75 Å². The zero-order chi connectivity index (χ0) is 11.7. The van der Waals surface area contributed by atoms with E-state index >= 15 is 0 Å². The minimum absolute atomic E-state index is 0.0416. The molecule has 1 amide bonds. The molecular weight excluding hydrogens is 206 g/mol. The first-order chi connectivity index (χ1) is 7.63. The van der Waals surface area contributed by atoms with Gasteiger partial charge in [0.05, 0.1) is 12.4 Å². The Kier molecular flexibility index (Phi) is 2.70. The molecule has 2 rings (SSSR count). The molecule has 86 valence electrons. The van der Waals surface area contributed by atoms with Crippen LogP contribution in [0.15, 0.2) is 18.2 Å². The Morgan fingerprint density at radius 3 is 3.00 bits per heavy atom. The Morgan fingerprint density at radius 2 is 2.31 bits per heavy atom. The number of amides is 1. The second-order valence-electron chi connectivity index (χ2n) is 3.77. The Balaban J connectivity index is 2.40. The van der Waals surface area contributed by atoms with Crippen LogP contribution in [0.4, 0.5) is 11.4 Å². The third-order valence-corrected chi connectivity index (χ3v) is 2.74. The third-order valence-electron chi connectivity index (χ3n) is 2.74. The van der Waals surface area contributed by atoms with Gasteiger partial charge in [0, 0.05) is 19.8 Å². The van der Waals surface area contributed by atoms with Crippen molar-refractivity contribution in [1.82, 2.24) is 0 Å². The van der Waals surface area contributed by atoms with Gasteiger partial charge in [0.25, 0.3) is 5.91 Å². The molecule has 5 heteroatoms. The van der Waals surface area contributed by atoms with Crippen molar-refractivity contribution in [1.29, 1.82) is 0 Å². The highest BCUT2D eigenvalue weighted by Crippen LogP contribution is 2.34. The normalized spacial score (nSPS) is 14.4. The zero-order valence-electron chi connectivity index (χ0n) is 9.43. The summed E-state index contributed by atoms with van der Waals surface area (Å²) in [5.41, 5.74) is 7.31. The van der Waals surface area contributed by atoms with E-state index in [-0.39, 0.29) is 12.5 Å². The van der Waals surface area contributed by atoms with Crippen LogP contribution in [0.2, 0.25) is 0 Å². The fourth-order valence-electron chi connectivity index (χ4n) is 1.60. The summed E-state index contributed by atoms with van der Waals surface area (Å²) >= 11 is 0. The van der Waals surface area contributed by atoms with Crippen molar-refractivity contribution in [3.8, 4) is 5.75 Å². The average Bonchev–Trinajstić information content (AvgIpc) is 2.32. The number of anilines is 2. The van der Waals surface area contributed by atoms with Crippen molar-refractivity contribution >= 4 is 17.3 Å². The molecule has 0 saturated heterocycles. The van der Waals surface area contributed by atoms with Crippen molar-refractivity contribution in [3.63, 3.8) is 0 Å². The Bertz CT molecular complexity index is 420. The van der Waals surface area contributed by atoms with Gasteiger partial charge in [-0.3, -0.25) is 4.79 Å². The smallest absolute Gasteiger partial charge is 0.264 e. The molecule has 0 radical (unpaired) electrons. The number of rotatable bonds is 2. The standard InChI is InChI=1S/C11H15N3O2/c1-13(7-12)8-3-4-10-9(5-8)14(2)11(15)6-16-10/h3-5H,6-7,12H2,1-2H3. The van der Waals surface area contributed by atoms with Crippen molar-refractivity contribution in [3.05, 3.63) is 18.2 Å².